The summed E-state index contributed by atoms with van der Waals surface area (Å²) in [5.74, 6) is 1.77. The van der Waals surface area contributed by atoms with Gasteiger partial charge in [0, 0.05) is 6.54 Å². The summed E-state index contributed by atoms with van der Waals surface area (Å²) in [6.45, 7) is 9.22. The molecule has 4 heteroatoms. The van der Waals surface area contributed by atoms with Gasteiger partial charge in [-0.05, 0) is 29.5 Å². The molecule has 2 unspecified atom stereocenters. The molecule has 116 valence electrons. The Morgan fingerprint density at radius 3 is 2.29 bits per heavy atom. The second-order valence-corrected chi connectivity index (χ2v) is 6.45. The minimum absolute atomic E-state index is 0.0433. The molecule has 1 aromatic carbocycles. The maximum Gasteiger partial charge on any atom is 0.241 e. The van der Waals surface area contributed by atoms with Gasteiger partial charge in [-0.2, -0.15) is 0 Å². The first-order valence-corrected chi connectivity index (χ1v) is 7.64. The lowest BCUT2D eigenvalue weighted by atomic mass is 10.0. The van der Waals surface area contributed by atoms with Crippen molar-refractivity contribution in [1.29, 1.82) is 0 Å². The van der Waals surface area contributed by atoms with Crippen LogP contribution in [0.25, 0.3) is 0 Å². The van der Waals surface area contributed by atoms with E-state index in [1.165, 1.54) is 0 Å². The SMILES string of the molecule is COc1ccc(C2NC(C(C)C)C(=O)N2CC(C)C)cc1. The maximum atomic E-state index is 12.6. The number of carbonyl (C=O) groups is 1. The third kappa shape index (κ3) is 3.38. The Balaban J connectivity index is 2.27. The zero-order valence-electron chi connectivity index (χ0n) is 13.6. The molecular weight excluding hydrogens is 264 g/mol. The number of carbonyl (C=O) groups excluding carboxylic acids is 1. The largest absolute Gasteiger partial charge is 0.497 e. The quantitative estimate of drug-likeness (QED) is 0.906. The molecule has 21 heavy (non-hydrogen) atoms. The van der Waals surface area contributed by atoms with Crippen LogP contribution >= 0.6 is 0 Å². The molecule has 1 saturated heterocycles. The number of amides is 1. The van der Waals surface area contributed by atoms with Crippen molar-refractivity contribution in [2.75, 3.05) is 13.7 Å². The summed E-state index contributed by atoms with van der Waals surface area (Å²) in [6.07, 6.45) is -0.0433. The lowest BCUT2D eigenvalue weighted by molar-refractivity contribution is -0.131. The lowest BCUT2D eigenvalue weighted by Crippen LogP contribution is -2.35. The molecule has 0 aromatic heterocycles. The number of nitrogens with zero attached hydrogens (tertiary/aromatic N) is 1. The number of ether oxygens (including phenoxy) is 1. The Morgan fingerprint density at radius 2 is 1.81 bits per heavy atom. The maximum absolute atomic E-state index is 12.6. The lowest BCUT2D eigenvalue weighted by Gasteiger charge is -2.26. The Morgan fingerprint density at radius 1 is 1.19 bits per heavy atom. The number of benzene rings is 1. The first-order chi connectivity index (χ1) is 9.93. The molecule has 0 radical (unpaired) electrons. The van der Waals surface area contributed by atoms with Gasteiger partial charge in [0.2, 0.25) is 5.91 Å². The standard InChI is InChI=1S/C17H26N2O2/c1-11(2)10-19-16(18-15(12(3)4)17(19)20)13-6-8-14(21-5)9-7-13/h6-9,11-12,15-16,18H,10H2,1-5H3. The molecule has 0 bridgehead atoms. The monoisotopic (exact) mass is 290 g/mol. The number of rotatable bonds is 5. The molecule has 0 spiro atoms. The fourth-order valence-corrected chi connectivity index (χ4v) is 2.77. The van der Waals surface area contributed by atoms with E-state index in [1.807, 2.05) is 29.2 Å². The average molecular weight is 290 g/mol. The van der Waals surface area contributed by atoms with E-state index >= 15 is 0 Å². The molecule has 1 aliphatic heterocycles. The van der Waals surface area contributed by atoms with Gasteiger partial charge in [0.1, 0.15) is 11.9 Å². The Kier molecular flexibility index (Phi) is 4.88. The molecule has 2 atom stereocenters. The van der Waals surface area contributed by atoms with E-state index in [-0.39, 0.29) is 24.0 Å². The number of hydrogen-bond donors (Lipinski definition) is 1. The highest BCUT2D eigenvalue weighted by atomic mass is 16.5. The number of methoxy groups -OCH3 is 1. The summed E-state index contributed by atoms with van der Waals surface area (Å²) < 4.78 is 5.20. The summed E-state index contributed by atoms with van der Waals surface area (Å²) in [4.78, 5) is 14.6. The van der Waals surface area contributed by atoms with Gasteiger partial charge in [0.15, 0.2) is 0 Å². The average Bonchev–Trinajstić information content (AvgIpc) is 2.76. The Hall–Kier alpha value is -1.55. The van der Waals surface area contributed by atoms with Gasteiger partial charge >= 0.3 is 0 Å². The van der Waals surface area contributed by atoms with Crippen LogP contribution in [0.5, 0.6) is 5.75 Å². The molecule has 1 fully saturated rings. The molecule has 1 aliphatic rings. The van der Waals surface area contributed by atoms with Crippen LogP contribution in [0.15, 0.2) is 24.3 Å². The predicted octanol–water partition coefficient (Wildman–Crippen LogP) is 2.81. The topological polar surface area (TPSA) is 41.6 Å². The van der Waals surface area contributed by atoms with Crippen LogP contribution in [0.2, 0.25) is 0 Å². The third-order valence-electron chi connectivity index (χ3n) is 3.86. The summed E-state index contributed by atoms with van der Waals surface area (Å²) >= 11 is 0. The van der Waals surface area contributed by atoms with E-state index in [2.05, 4.69) is 33.0 Å². The van der Waals surface area contributed by atoms with Crippen LogP contribution in [0, 0.1) is 11.8 Å². The normalized spacial score (nSPS) is 22.4. The molecule has 2 rings (SSSR count). The fourth-order valence-electron chi connectivity index (χ4n) is 2.77. The van der Waals surface area contributed by atoms with Crippen molar-refractivity contribution < 1.29 is 9.53 Å². The molecule has 4 nitrogen and oxygen atoms in total. The highest BCUT2D eigenvalue weighted by Gasteiger charge is 2.40. The van der Waals surface area contributed by atoms with E-state index in [4.69, 9.17) is 4.74 Å². The van der Waals surface area contributed by atoms with Crippen molar-refractivity contribution in [3.05, 3.63) is 29.8 Å². The summed E-state index contributed by atoms with van der Waals surface area (Å²) in [7, 11) is 1.66. The van der Waals surface area contributed by atoms with Gasteiger partial charge in [-0.1, -0.05) is 39.8 Å². The number of hydrogen-bond acceptors (Lipinski definition) is 3. The molecule has 1 heterocycles. The van der Waals surface area contributed by atoms with Crippen LogP contribution in [0.4, 0.5) is 0 Å². The smallest absolute Gasteiger partial charge is 0.241 e. The van der Waals surface area contributed by atoms with Gasteiger partial charge < -0.3 is 9.64 Å². The van der Waals surface area contributed by atoms with Crippen molar-refractivity contribution in [3.8, 4) is 5.75 Å². The summed E-state index contributed by atoms with van der Waals surface area (Å²) in [6, 6.07) is 7.84. The minimum Gasteiger partial charge on any atom is -0.497 e. The van der Waals surface area contributed by atoms with Crippen LogP contribution < -0.4 is 10.1 Å². The molecule has 1 amide bonds. The van der Waals surface area contributed by atoms with Gasteiger partial charge in [0.25, 0.3) is 0 Å². The first kappa shape index (κ1) is 15.8. The highest BCUT2D eigenvalue weighted by Crippen LogP contribution is 2.29. The van der Waals surface area contributed by atoms with E-state index in [9.17, 15) is 4.79 Å². The van der Waals surface area contributed by atoms with E-state index in [0.29, 0.717) is 5.92 Å². The van der Waals surface area contributed by atoms with E-state index in [1.54, 1.807) is 7.11 Å². The highest BCUT2D eigenvalue weighted by molar-refractivity contribution is 5.84. The zero-order valence-corrected chi connectivity index (χ0v) is 13.6. The second kappa shape index (κ2) is 6.48. The fraction of sp³-hybridized carbons (Fsp3) is 0.588. The zero-order chi connectivity index (χ0) is 15.6. The van der Waals surface area contributed by atoms with Crippen LogP contribution in [0.3, 0.4) is 0 Å². The van der Waals surface area contributed by atoms with Crippen molar-refractivity contribution in [1.82, 2.24) is 10.2 Å². The summed E-state index contributed by atoms with van der Waals surface area (Å²) in [5, 5.41) is 3.48. The molecule has 1 N–H and O–H groups in total. The second-order valence-electron chi connectivity index (χ2n) is 6.45. The van der Waals surface area contributed by atoms with Crippen LogP contribution in [0.1, 0.15) is 39.4 Å². The van der Waals surface area contributed by atoms with Crippen molar-refractivity contribution in [3.63, 3.8) is 0 Å². The minimum atomic E-state index is -0.101. The molecule has 0 aliphatic carbocycles. The van der Waals surface area contributed by atoms with Gasteiger partial charge in [-0.15, -0.1) is 0 Å². The molecular formula is C17H26N2O2. The van der Waals surface area contributed by atoms with Gasteiger partial charge in [-0.3, -0.25) is 10.1 Å². The predicted molar refractivity (Wildman–Crippen MR) is 84.0 cm³/mol. The van der Waals surface area contributed by atoms with Crippen molar-refractivity contribution in [2.24, 2.45) is 11.8 Å². The van der Waals surface area contributed by atoms with Crippen LogP contribution in [-0.2, 0) is 4.79 Å². The third-order valence-corrected chi connectivity index (χ3v) is 3.86. The van der Waals surface area contributed by atoms with Crippen molar-refractivity contribution in [2.45, 2.75) is 39.9 Å². The number of nitrogens with one attached hydrogen (secondary N) is 1. The first-order valence-electron chi connectivity index (χ1n) is 7.64. The Labute approximate surface area is 127 Å². The van der Waals surface area contributed by atoms with Crippen LogP contribution in [-0.4, -0.2) is 30.5 Å². The van der Waals surface area contributed by atoms with Crippen molar-refractivity contribution >= 4 is 5.91 Å². The molecule has 0 saturated carbocycles. The van der Waals surface area contributed by atoms with E-state index in [0.717, 1.165) is 17.9 Å². The van der Waals surface area contributed by atoms with Gasteiger partial charge in [-0.25, -0.2) is 0 Å². The summed E-state index contributed by atoms with van der Waals surface area (Å²) in [5.41, 5.74) is 1.10. The van der Waals surface area contributed by atoms with Gasteiger partial charge in [0.05, 0.1) is 13.2 Å². The Bertz CT molecular complexity index is 482. The van der Waals surface area contributed by atoms with E-state index < -0.39 is 0 Å². The molecule has 1 aromatic rings.